The molecule has 2 N–H and O–H groups in total. The van der Waals surface area contributed by atoms with Crippen LogP contribution in [0.3, 0.4) is 0 Å². The molecular weight excluding hydrogens is 226 g/mol. The molecule has 0 amide bonds. The molecule has 6 heteroatoms. The first kappa shape index (κ1) is 12.1. The van der Waals surface area contributed by atoms with E-state index >= 15 is 0 Å². The molecule has 0 saturated heterocycles. The molecule has 0 heterocycles. The Morgan fingerprint density at radius 1 is 1.31 bits per heavy atom. The highest BCUT2D eigenvalue weighted by Gasteiger charge is 2.05. The molecule has 0 aliphatic rings. The third-order valence-electron chi connectivity index (χ3n) is 1.81. The standard InChI is InChI=1S/C10H11N3O2S/c1-14-8-4-3-7(5-9(8)15-2)13-10(16)12-6-11/h3-5H,1-2H3,(H2,12,13,16). The van der Waals surface area contributed by atoms with Gasteiger partial charge in [0.2, 0.25) is 0 Å². The second-order valence-corrected chi connectivity index (χ2v) is 3.17. The summed E-state index contributed by atoms with van der Waals surface area (Å²) >= 11 is 4.86. The van der Waals surface area contributed by atoms with E-state index in [4.69, 9.17) is 27.0 Å². The van der Waals surface area contributed by atoms with Crippen molar-refractivity contribution in [1.29, 1.82) is 5.26 Å². The second kappa shape index (κ2) is 5.78. The second-order valence-electron chi connectivity index (χ2n) is 2.76. The predicted molar refractivity (Wildman–Crippen MR) is 64.5 cm³/mol. The molecule has 0 aromatic heterocycles. The van der Waals surface area contributed by atoms with Crippen LogP contribution in [0.2, 0.25) is 0 Å². The monoisotopic (exact) mass is 237 g/mol. The van der Waals surface area contributed by atoms with Crippen molar-refractivity contribution in [2.24, 2.45) is 0 Å². The zero-order valence-corrected chi connectivity index (χ0v) is 9.72. The Hall–Kier alpha value is -2.00. The van der Waals surface area contributed by atoms with E-state index < -0.39 is 0 Å². The van der Waals surface area contributed by atoms with Crippen LogP contribution in [0.25, 0.3) is 0 Å². The Labute approximate surface area is 99.0 Å². The summed E-state index contributed by atoms with van der Waals surface area (Å²) in [6.07, 6.45) is 1.73. The van der Waals surface area contributed by atoms with Gasteiger partial charge >= 0.3 is 0 Å². The normalized spacial score (nSPS) is 8.81. The molecule has 1 aromatic carbocycles. The van der Waals surface area contributed by atoms with Gasteiger partial charge in [-0.3, -0.25) is 5.32 Å². The maximum Gasteiger partial charge on any atom is 0.184 e. The van der Waals surface area contributed by atoms with Gasteiger partial charge in [0.1, 0.15) is 0 Å². The van der Waals surface area contributed by atoms with E-state index in [1.807, 2.05) is 0 Å². The number of methoxy groups -OCH3 is 2. The molecule has 1 aromatic rings. The van der Waals surface area contributed by atoms with Crippen molar-refractivity contribution in [2.45, 2.75) is 0 Å². The van der Waals surface area contributed by atoms with Gasteiger partial charge in [0.15, 0.2) is 22.8 Å². The zero-order chi connectivity index (χ0) is 12.0. The van der Waals surface area contributed by atoms with Crippen LogP contribution >= 0.6 is 12.2 Å². The summed E-state index contributed by atoms with van der Waals surface area (Å²) in [4.78, 5) is 0. The Kier molecular flexibility index (Phi) is 4.36. The highest BCUT2D eigenvalue weighted by molar-refractivity contribution is 7.80. The predicted octanol–water partition coefficient (Wildman–Crippen LogP) is 1.47. The molecule has 0 fully saturated rings. The summed E-state index contributed by atoms with van der Waals surface area (Å²) in [6, 6.07) is 5.24. The van der Waals surface area contributed by atoms with Crippen LogP contribution in [0.5, 0.6) is 11.5 Å². The fourth-order valence-corrected chi connectivity index (χ4v) is 1.29. The number of benzene rings is 1. The molecule has 0 unspecified atom stereocenters. The minimum Gasteiger partial charge on any atom is -0.493 e. The van der Waals surface area contributed by atoms with E-state index in [2.05, 4.69) is 10.6 Å². The third kappa shape index (κ3) is 3.00. The van der Waals surface area contributed by atoms with E-state index in [9.17, 15) is 0 Å². The van der Waals surface area contributed by atoms with Gasteiger partial charge in [-0.15, -0.1) is 0 Å². The Morgan fingerprint density at radius 2 is 2.00 bits per heavy atom. The van der Waals surface area contributed by atoms with Crippen molar-refractivity contribution >= 4 is 23.0 Å². The SMILES string of the molecule is COc1ccc(NC(=S)NC#N)cc1OC. The summed E-state index contributed by atoms with van der Waals surface area (Å²) < 4.78 is 10.2. The number of rotatable bonds is 3. The van der Waals surface area contributed by atoms with Crippen LogP contribution < -0.4 is 20.1 Å². The van der Waals surface area contributed by atoms with Gasteiger partial charge in [-0.05, 0) is 24.4 Å². The molecule has 0 aliphatic carbocycles. The number of nitriles is 1. The quantitative estimate of drug-likeness (QED) is 0.471. The van der Waals surface area contributed by atoms with Crippen LogP contribution in [0.4, 0.5) is 5.69 Å². The Morgan fingerprint density at radius 3 is 2.56 bits per heavy atom. The number of ether oxygens (including phenoxy) is 2. The largest absolute Gasteiger partial charge is 0.493 e. The van der Waals surface area contributed by atoms with Crippen LogP contribution in [-0.2, 0) is 0 Å². The minimum absolute atomic E-state index is 0.231. The molecule has 0 bridgehead atoms. The molecule has 5 nitrogen and oxygen atoms in total. The summed E-state index contributed by atoms with van der Waals surface area (Å²) in [6.45, 7) is 0. The summed E-state index contributed by atoms with van der Waals surface area (Å²) in [5.41, 5.74) is 0.713. The molecule has 0 aliphatic heterocycles. The smallest absolute Gasteiger partial charge is 0.184 e. The lowest BCUT2D eigenvalue weighted by Crippen LogP contribution is -2.23. The van der Waals surface area contributed by atoms with Crippen molar-refractivity contribution in [3.8, 4) is 17.7 Å². The fourth-order valence-electron chi connectivity index (χ4n) is 1.13. The van der Waals surface area contributed by atoms with E-state index in [0.717, 1.165) is 0 Å². The van der Waals surface area contributed by atoms with Gasteiger partial charge in [-0.25, -0.2) is 0 Å². The maximum absolute atomic E-state index is 8.36. The van der Waals surface area contributed by atoms with Crippen LogP contribution in [0.1, 0.15) is 0 Å². The number of nitrogens with one attached hydrogen (secondary N) is 2. The van der Waals surface area contributed by atoms with E-state index in [0.29, 0.717) is 17.2 Å². The highest BCUT2D eigenvalue weighted by Crippen LogP contribution is 2.29. The molecule has 84 valence electrons. The van der Waals surface area contributed by atoms with Crippen LogP contribution in [0, 0.1) is 11.5 Å². The average Bonchev–Trinajstić information content (AvgIpc) is 2.29. The fraction of sp³-hybridized carbons (Fsp3) is 0.200. The lowest BCUT2D eigenvalue weighted by atomic mass is 10.3. The molecule has 0 atom stereocenters. The summed E-state index contributed by atoms with van der Waals surface area (Å²) in [5, 5.41) is 13.7. The van der Waals surface area contributed by atoms with Gasteiger partial charge in [-0.1, -0.05) is 0 Å². The number of hydrogen-bond acceptors (Lipinski definition) is 4. The van der Waals surface area contributed by atoms with Gasteiger partial charge < -0.3 is 14.8 Å². The first-order valence-corrected chi connectivity index (χ1v) is 4.80. The molecule has 0 spiro atoms. The van der Waals surface area contributed by atoms with Gasteiger partial charge in [-0.2, -0.15) is 5.26 Å². The van der Waals surface area contributed by atoms with Crippen molar-refractivity contribution < 1.29 is 9.47 Å². The average molecular weight is 237 g/mol. The van der Waals surface area contributed by atoms with Crippen molar-refractivity contribution in [3.63, 3.8) is 0 Å². The van der Waals surface area contributed by atoms with E-state index in [1.54, 1.807) is 38.6 Å². The van der Waals surface area contributed by atoms with Crippen molar-refractivity contribution in [1.82, 2.24) is 5.32 Å². The lowest BCUT2D eigenvalue weighted by Gasteiger charge is -2.10. The van der Waals surface area contributed by atoms with E-state index in [-0.39, 0.29) is 5.11 Å². The molecule has 0 saturated carbocycles. The van der Waals surface area contributed by atoms with Crippen LogP contribution in [-0.4, -0.2) is 19.3 Å². The van der Waals surface area contributed by atoms with E-state index in [1.165, 1.54) is 0 Å². The third-order valence-corrected chi connectivity index (χ3v) is 2.01. The molecule has 0 radical (unpaired) electrons. The first-order valence-electron chi connectivity index (χ1n) is 4.39. The van der Waals surface area contributed by atoms with Crippen molar-refractivity contribution in [2.75, 3.05) is 19.5 Å². The summed E-state index contributed by atoms with van der Waals surface area (Å²) in [5.74, 6) is 1.22. The lowest BCUT2D eigenvalue weighted by molar-refractivity contribution is 0.355. The van der Waals surface area contributed by atoms with Gasteiger partial charge in [0.05, 0.1) is 14.2 Å². The van der Waals surface area contributed by atoms with Crippen LogP contribution in [0.15, 0.2) is 18.2 Å². The van der Waals surface area contributed by atoms with Gasteiger partial charge in [0.25, 0.3) is 0 Å². The number of anilines is 1. The highest BCUT2D eigenvalue weighted by atomic mass is 32.1. The maximum atomic E-state index is 8.36. The molecule has 16 heavy (non-hydrogen) atoms. The number of nitrogens with zero attached hydrogens (tertiary/aromatic N) is 1. The number of thiocarbonyl (C=S) groups is 1. The van der Waals surface area contributed by atoms with Gasteiger partial charge in [0, 0.05) is 11.8 Å². The number of hydrogen-bond donors (Lipinski definition) is 2. The Bertz CT molecular complexity index is 429. The zero-order valence-electron chi connectivity index (χ0n) is 8.90. The summed E-state index contributed by atoms with van der Waals surface area (Å²) in [7, 11) is 3.11. The Balaban J connectivity index is 2.83. The topological polar surface area (TPSA) is 66.3 Å². The molecule has 1 rings (SSSR count). The van der Waals surface area contributed by atoms with Crippen molar-refractivity contribution in [3.05, 3.63) is 18.2 Å². The minimum atomic E-state index is 0.231. The first-order chi connectivity index (χ1) is 7.71. The molecular formula is C10H11N3O2S.